The van der Waals surface area contributed by atoms with Crippen LogP contribution >= 0.6 is 0 Å². The molecule has 2 aromatic carbocycles. The summed E-state index contributed by atoms with van der Waals surface area (Å²) in [6.07, 6.45) is 0. The number of hydrogen-bond acceptors (Lipinski definition) is 3. The van der Waals surface area contributed by atoms with Crippen molar-refractivity contribution in [2.75, 3.05) is 27.2 Å². The first-order chi connectivity index (χ1) is 13.0. The number of carbonyl (C=O) groups excluding carboxylic acids is 1. The van der Waals surface area contributed by atoms with Gasteiger partial charge in [0.05, 0.1) is 11.4 Å². The lowest BCUT2D eigenvalue weighted by Crippen LogP contribution is -2.32. The fourth-order valence-corrected chi connectivity index (χ4v) is 2.83. The summed E-state index contributed by atoms with van der Waals surface area (Å²) in [5.74, 6) is -0.122. The lowest BCUT2D eigenvalue weighted by Gasteiger charge is -2.11. The number of nitrogens with one attached hydrogen (secondary N) is 1. The molecule has 3 rings (SSSR count). The molecule has 0 spiro atoms. The maximum Gasteiger partial charge on any atom is 0.270 e. The standard InChI is InChI=1S/C22H26N4O/c1-16-10-11-18(14-17(16)2)20-15-21(22(27)23-12-13-25(3)4)26(24-20)19-8-6-5-7-9-19/h5-11,14-15H,12-13H2,1-4H3,(H,23,27). The van der Waals surface area contributed by atoms with E-state index in [9.17, 15) is 4.79 Å². The molecule has 3 aromatic rings. The Balaban J connectivity index is 1.98. The topological polar surface area (TPSA) is 50.2 Å². The second-order valence-electron chi connectivity index (χ2n) is 7.02. The highest BCUT2D eigenvalue weighted by Gasteiger charge is 2.17. The maximum absolute atomic E-state index is 12.8. The number of benzene rings is 2. The van der Waals surface area contributed by atoms with Crippen molar-refractivity contribution in [3.05, 3.63) is 71.4 Å². The van der Waals surface area contributed by atoms with E-state index in [1.165, 1.54) is 11.1 Å². The Bertz CT molecular complexity index is 929. The van der Waals surface area contributed by atoms with Crippen LogP contribution in [0.3, 0.4) is 0 Å². The number of rotatable bonds is 6. The van der Waals surface area contributed by atoms with Crippen molar-refractivity contribution in [2.24, 2.45) is 0 Å². The van der Waals surface area contributed by atoms with Crippen molar-refractivity contribution in [3.63, 3.8) is 0 Å². The SMILES string of the molecule is Cc1ccc(-c2cc(C(=O)NCCN(C)C)n(-c3ccccc3)n2)cc1C. The van der Waals surface area contributed by atoms with Gasteiger partial charge in [-0.05, 0) is 63.3 Å². The van der Waals surface area contributed by atoms with Crippen molar-refractivity contribution in [1.82, 2.24) is 20.0 Å². The average molecular weight is 362 g/mol. The van der Waals surface area contributed by atoms with Crippen molar-refractivity contribution in [1.29, 1.82) is 0 Å². The van der Waals surface area contributed by atoms with Crippen LogP contribution in [-0.2, 0) is 0 Å². The summed E-state index contributed by atoms with van der Waals surface area (Å²) < 4.78 is 1.72. The Morgan fingerprint density at radius 2 is 1.78 bits per heavy atom. The van der Waals surface area contributed by atoms with Gasteiger partial charge < -0.3 is 10.2 Å². The summed E-state index contributed by atoms with van der Waals surface area (Å²) in [6.45, 7) is 5.55. The van der Waals surface area contributed by atoms with E-state index >= 15 is 0 Å². The second kappa shape index (κ2) is 8.18. The quantitative estimate of drug-likeness (QED) is 0.731. The third kappa shape index (κ3) is 4.44. The van der Waals surface area contributed by atoms with Gasteiger partial charge in [0.1, 0.15) is 5.69 Å². The van der Waals surface area contributed by atoms with Crippen LogP contribution in [0.1, 0.15) is 21.6 Å². The van der Waals surface area contributed by atoms with Gasteiger partial charge in [0.15, 0.2) is 0 Å². The number of para-hydroxylation sites is 1. The smallest absolute Gasteiger partial charge is 0.270 e. The predicted octanol–water partition coefficient (Wildman–Crippen LogP) is 3.45. The molecule has 27 heavy (non-hydrogen) atoms. The molecule has 5 nitrogen and oxygen atoms in total. The molecule has 1 amide bonds. The molecule has 5 heteroatoms. The third-order valence-electron chi connectivity index (χ3n) is 4.59. The van der Waals surface area contributed by atoms with Gasteiger partial charge in [-0.1, -0.05) is 30.3 Å². The highest BCUT2D eigenvalue weighted by Crippen LogP contribution is 2.24. The number of hydrogen-bond donors (Lipinski definition) is 1. The first kappa shape index (κ1) is 18.9. The van der Waals surface area contributed by atoms with Gasteiger partial charge >= 0.3 is 0 Å². The molecule has 1 N–H and O–H groups in total. The number of carbonyl (C=O) groups is 1. The molecule has 0 bridgehead atoms. The minimum atomic E-state index is -0.122. The molecule has 0 aliphatic carbocycles. The molecule has 1 heterocycles. The van der Waals surface area contributed by atoms with Gasteiger partial charge in [-0.2, -0.15) is 5.10 Å². The maximum atomic E-state index is 12.8. The Morgan fingerprint density at radius 3 is 2.44 bits per heavy atom. The lowest BCUT2D eigenvalue weighted by atomic mass is 10.0. The summed E-state index contributed by atoms with van der Waals surface area (Å²) in [6, 6.07) is 17.9. The largest absolute Gasteiger partial charge is 0.349 e. The summed E-state index contributed by atoms with van der Waals surface area (Å²) in [7, 11) is 3.97. The van der Waals surface area contributed by atoms with Crippen LogP contribution in [0.15, 0.2) is 54.6 Å². The van der Waals surface area contributed by atoms with Gasteiger partial charge in [-0.3, -0.25) is 4.79 Å². The first-order valence-electron chi connectivity index (χ1n) is 9.12. The van der Waals surface area contributed by atoms with Crippen LogP contribution in [0.2, 0.25) is 0 Å². The fraction of sp³-hybridized carbons (Fsp3) is 0.273. The molecule has 1 aromatic heterocycles. The molecule has 0 atom stereocenters. The average Bonchev–Trinajstić information content (AvgIpc) is 3.10. The Hall–Kier alpha value is -2.92. The zero-order chi connectivity index (χ0) is 19.4. The molecule has 0 saturated heterocycles. The van der Waals surface area contributed by atoms with Gasteiger partial charge in [-0.25, -0.2) is 4.68 Å². The van der Waals surface area contributed by atoms with Crippen LogP contribution < -0.4 is 5.32 Å². The van der Waals surface area contributed by atoms with E-state index < -0.39 is 0 Å². The van der Waals surface area contributed by atoms with Crippen molar-refractivity contribution >= 4 is 5.91 Å². The molecule has 0 fully saturated rings. The monoisotopic (exact) mass is 362 g/mol. The lowest BCUT2D eigenvalue weighted by molar-refractivity contribution is 0.0943. The number of amides is 1. The molecule has 0 aliphatic rings. The highest BCUT2D eigenvalue weighted by atomic mass is 16.2. The number of likely N-dealkylation sites (N-methyl/N-ethyl adjacent to an activating group) is 1. The van der Waals surface area contributed by atoms with E-state index in [1.807, 2.05) is 61.5 Å². The first-order valence-corrected chi connectivity index (χ1v) is 9.12. The van der Waals surface area contributed by atoms with Crippen LogP contribution in [0, 0.1) is 13.8 Å². The van der Waals surface area contributed by atoms with Gasteiger partial charge in [0.25, 0.3) is 5.91 Å². The highest BCUT2D eigenvalue weighted by molar-refractivity contribution is 5.94. The van der Waals surface area contributed by atoms with E-state index in [4.69, 9.17) is 5.10 Å². The minimum absolute atomic E-state index is 0.122. The van der Waals surface area contributed by atoms with Gasteiger partial charge in [0, 0.05) is 18.7 Å². The molecule has 0 saturated carbocycles. The number of nitrogens with zero attached hydrogens (tertiary/aromatic N) is 3. The Morgan fingerprint density at radius 1 is 1.04 bits per heavy atom. The van der Waals surface area contributed by atoms with Crippen molar-refractivity contribution < 1.29 is 4.79 Å². The van der Waals surface area contributed by atoms with Crippen LogP contribution in [-0.4, -0.2) is 47.8 Å². The molecule has 0 radical (unpaired) electrons. The third-order valence-corrected chi connectivity index (χ3v) is 4.59. The zero-order valence-electron chi connectivity index (χ0n) is 16.4. The van der Waals surface area contributed by atoms with Crippen LogP contribution in [0.25, 0.3) is 16.9 Å². The predicted molar refractivity (Wildman–Crippen MR) is 109 cm³/mol. The van der Waals surface area contributed by atoms with E-state index in [1.54, 1.807) is 4.68 Å². The summed E-state index contributed by atoms with van der Waals surface area (Å²) in [5, 5.41) is 7.72. The van der Waals surface area contributed by atoms with Crippen molar-refractivity contribution in [3.8, 4) is 16.9 Å². The minimum Gasteiger partial charge on any atom is -0.349 e. The second-order valence-corrected chi connectivity index (χ2v) is 7.02. The van der Waals surface area contributed by atoms with Gasteiger partial charge in [-0.15, -0.1) is 0 Å². The Kier molecular flexibility index (Phi) is 5.72. The zero-order valence-corrected chi connectivity index (χ0v) is 16.4. The number of aryl methyl sites for hydroxylation is 2. The van der Waals surface area contributed by atoms with E-state index in [0.29, 0.717) is 12.2 Å². The van der Waals surface area contributed by atoms with E-state index in [0.717, 1.165) is 23.5 Å². The van der Waals surface area contributed by atoms with Crippen LogP contribution in [0.5, 0.6) is 0 Å². The summed E-state index contributed by atoms with van der Waals surface area (Å²) in [4.78, 5) is 14.8. The van der Waals surface area contributed by atoms with E-state index in [2.05, 4.69) is 31.3 Å². The van der Waals surface area contributed by atoms with Crippen molar-refractivity contribution in [2.45, 2.75) is 13.8 Å². The summed E-state index contributed by atoms with van der Waals surface area (Å²) in [5.41, 5.74) is 5.65. The molecule has 140 valence electrons. The molecule has 0 aliphatic heterocycles. The van der Waals surface area contributed by atoms with Gasteiger partial charge in [0.2, 0.25) is 0 Å². The normalized spacial score (nSPS) is 11.0. The summed E-state index contributed by atoms with van der Waals surface area (Å²) >= 11 is 0. The fourth-order valence-electron chi connectivity index (χ4n) is 2.83. The molecular formula is C22H26N4O. The molecule has 0 unspecified atom stereocenters. The number of aromatic nitrogens is 2. The Labute approximate surface area is 160 Å². The van der Waals surface area contributed by atoms with Crippen LogP contribution in [0.4, 0.5) is 0 Å². The van der Waals surface area contributed by atoms with E-state index in [-0.39, 0.29) is 5.91 Å². The molecular weight excluding hydrogens is 336 g/mol.